The van der Waals surface area contributed by atoms with Crippen molar-refractivity contribution in [3.8, 4) is 0 Å². The fourth-order valence-electron chi connectivity index (χ4n) is 2.45. The molecule has 0 aliphatic carbocycles. The van der Waals surface area contributed by atoms with E-state index in [1.165, 1.54) is 0 Å². The quantitative estimate of drug-likeness (QED) is 0.744. The Balaban J connectivity index is 2.14. The summed E-state index contributed by atoms with van der Waals surface area (Å²) in [6.07, 6.45) is 4.76. The Labute approximate surface area is 138 Å². The summed E-state index contributed by atoms with van der Waals surface area (Å²) in [6.45, 7) is 7.12. The van der Waals surface area contributed by atoms with E-state index in [0.717, 1.165) is 48.4 Å². The van der Waals surface area contributed by atoms with Gasteiger partial charge in [-0.2, -0.15) is 0 Å². The lowest BCUT2D eigenvalue weighted by Gasteiger charge is -2.13. The van der Waals surface area contributed by atoms with Crippen molar-refractivity contribution in [1.82, 2.24) is 4.98 Å². The van der Waals surface area contributed by atoms with Crippen LogP contribution in [0.3, 0.4) is 0 Å². The highest BCUT2D eigenvalue weighted by molar-refractivity contribution is 6.05. The van der Waals surface area contributed by atoms with Crippen molar-refractivity contribution in [3.05, 3.63) is 53.2 Å². The smallest absolute Gasteiger partial charge is 0.255 e. The Morgan fingerprint density at radius 3 is 2.78 bits per heavy atom. The molecule has 0 bridgehead atoms. The zero-order valence-corrected chi connectivity index (χ0v) is 14.1. The molecule has 0 fully saturated rings. The molecule has 0 aliphatic heterocycles. The number of amides is 1. The monoisotopic (exact) mass is 311 g/mol. The average molecular weight is 311 g/mol. The number of benzene rings is 1. The molecule has 1 aromatic carbocycles. The number of para-hydroxylation sites is 1. The molecule has 0 saturated carbocycles. The van der Waals surface area contributed by atoms with Gasteiger partial charge in [0.1, 0.15) is 5.82 Å². The summed E-state index contributed by atoms with van der Waals surface area (Å²) in [5.41, 5.74) is 3.75. The van der Waals surface area contributed by atoms with Crippen LogP contribution in [0.1, 0.15) is 48.2 Å². The third kappa shape index (κ3) is 4.55. The van der Waals surface area contributed by atoms with Gasteiger partial charge in [0.05, 0.1) is 0 Å². The Bertz CT molecular complexity index is 667. The average Bonchev–Trinajstić information content (AvgIpc) is 2.57. The summed E-state index contributed by atoms with van der Waals surface area (Å²) < 4.78 is 0. The first-order valence-electron chi connectivity index (χ1n) is 8.25. The lowest BCUT2D eigenvalue weighted by atomic mass is 10.1. The minimum Gasteiger partial charge on any atom is -0.370 e. The Kier molecular flexibility index (Phi) is 6.15. The molecule has 0 atom stereocenters. The number of nitrogens with zero attached hydrogens (tertiary/aromatic N) is 1. The van der Waals surface area contributed by atoms with Gasteiger partial charge in [0, 0.05) is 24.0 Å². The number of aromatic nitrogens is 1. The molecule has 23 heavy (non-hydrogen) atoms. The van der Waals surface area contributed by atoms with E-state index >= 15 is 0 Å². The summed E-state index contributed by atoms with van der Waals surface area (Å²) in [4.78, 5) is 16.8. The topological polar surface area (TPSA) is 54.0 Å². The second-order valence-corrected chi connectivity index (χ2v) is 5.63. The first-order chi connectivity index (χ1) is 11.2. The molecule has 4 heteroatoms. The highest BCUT2D eigenvalue weighted by Crippen LogP contribution is 2.22. The lowest BCUT2D eigenvalue weighted by Crippen LogP contribution is -2.15. The van der Waals surface area contributed by atoms with E-state index in [2.05, 4.69) is 29.5 Å². The van der Waals surface area contributed by atoms with E-state index in [-0.39, 0.29) is 5.91 Å². The number of pyridine rings is 1. The zero-order chi connectivity index (χ0) is 16.7. The lowest BCUT2D eigenvalue weighted by molar-refractivity contribution is 0.102. The standard InChI is InChI=1S/C19H25N3O/c1-4-6-11-20-17-13-16(10-12-21-17)19(23)22-18-14(3)8-7-9-15(18)5-2/h7-10,12-13H,4-6,11H2,1-3H3,(H,20,21)(H,22,23). The predicted molar refractivity (Wildman–Crippen MR) is 96.1 cm³/mol. The van der Waals surface area contributed by atoms with Gasteiger partial charge in [-0.25, -0.2) is 4.98 Å². The van der Waals surface area contributed by atoms with Crippen LogP contribution >= 0.6 is 0 Å². The number of nitrogens with one attached hydrogen (secondary N) is 2. The van der Waals surface area contributed by atoms with Crippen molar-refractivity contribution < 1.29 is 4.79 Å². The first kappa shape index (κ1) is 17.0. The van der Waals surface area contributed by atoms with Crippen LogP contribution in [0.15, 0.2) is 36.5 Å². The van der Waals surface area contributed by atoms with E-state index in [4.69, 9.17) is 0 Å². The minimum atomic E-state index is -0.102. The first-order valence-corrected chi connectivity index (χ1v) is 8.25. The molecule has 0 spiro atoms. The van der Waals surface area contributed by atoms with Crippen LogP contribution in [0.5, 0.6) is 0 Å². The number of carbonyl (C=O) groups is 1. The molecule has 2 N–H and O–H groups in total. The van der Waals surface area contributed by atoms with Crippen molar-refractivity contribution in [2.24, 2.45) is 0 Å². The maximum Gasteiger partial charge on any atom is 0.255 e. The van der Waals surface area contributed by atoms with Crippen LogP contribution in [-0.4, -0.2) is 17.4 Å². The number of aryl methyl sites for hydroxylation is 2. The summed E-state index contributed by atoms with van der Waals surface area (Å²) >= 11 is 0. The van der Waals surface area contributed by atoms with Crippen molar-refractivity contribution in [3.63, 3.8) is 0 Å². The molecule has 1 heterocycles. The summed E-state index contributed by atoms with van der Waals surface area (Å²) in [6, 6.07) is 9.62. The van der Waals surface area contributed by atoms with E-state index in [9.17, 15) is 4.79 Å². The van der Waals surface area contributed by atoms with Crippen molar-refractivity contribution in [2.75, 3.05) is 17.2 Å². The SMILES string of the molecule is CCCCNc1cc(C(=O)Nc2c(C)cccc2CC)ccn1. The maximum absolute atomic E-state index is 12.5. The number of carbonyl (C=O) groups excluding carboxylic acids is 1. The van der Waals surface area contributed by atoms with Crippen LogP contribution in [0.4, 0.5) is 11.5 Å². The Hall–Kier alpha value is -2.36. The minimum absolute atomic E-state index is 0.102. The molecule has 0 unspecified atom stereocenters. The van der Waals surface area contributed by atoms with Crippen LogP contribution in [0, 0.1) is 6.92 Å². The number of hydrogen-bond acceptors (Lipinski definition) is 3. The second kappa shape index (κ2) is 8.32. The number of anilines is 2. The molecule has 0 radical (unpaired) electrons. The predicted octanol–water partition coefficient (Wildman–Crippen LogP) is 4.42. The fraction of sp³-hybridized carbons (Fsp3) is 0.368. The third-order valence-electron chi connectivity index (χ3n) is 3.84. The van der Waals surface area contributed by atoms with Gasteiger partial charge in [-0.05, 0) is 43.0 Å². The Morgan fingerprint density at radius 1 is 1.22 bits per heavy atom. The van der Waals surface area contributed by atoms with Gasteiger partial charge >= 0.3 is 0 Å². The van der Waals surface area contributed by atoms with Gasteiger partial charge in [-0.3, -0.25) is 4.79 Å². The Morgan fingerprint density at radius 2 is 2.04 bits per heavy atom. The largest absolute Gasteiger partial charge is 0.370 e. The van der Waals surface area contributed by atoms with Crippen LogP contribution in [-0.2, 0) is 6.42 Å². The number of rotatable bonds is 7. The van der Waals surface area contributed by atoms with Crippen LogP contribution in [0.2, 0.25) is 0 Å². The highest BCUT2D eigenvalue weighted by Gasteiger charge is 2.11. The molecule has 0 saturated heterocycles. The molecule has 1 aromatic heterocycles. The van der Waals surface area contributed by atoms with E-state index in [0.29, 0.717) is 5.56 Å². The molecule has 122 valence electrons. The summed E-state index contributed by atoms with van der Waals surface area (Å²) in [5.74, 6) is 0.640. The summed E-state index contributed by atoms with van der Waals surface area (Å²) in [5, 5.41) is 6.29. The molecule has 2 aromatic rings. The fourth-order valence-corrected chi connectivity index (χ4v) is 2.45. The number of hydrogen-bond donors (Lipinski definition) is 2. The van der Waals surface area contributed by atoms with Gasteiger partial charge in [0.2, 0.25) is 0 Å². The second-order valence-electron chi connectivity index (χ2n) is 5.63. The van der Waals surface area contributed by atoms with Crippen molar-refractivity contribution >= 4 is 17.4 Å². The van der Waals surface area contributed by atoms with Gasteiger partial charge in [0.25, 0.3) is 5.91 Å². The molecule has 1 amide bonds. The number of unbranched alkanes of at least 4 members (excludes halogenated alkanes) is 1. The van der Waals surface area contributed by atoms with Crippen molar-refractivity contribution in [1.29, 1.82) is 0 Å². The molecule has 2 rings (SSSR count). The van der Waals surface area contributed by atoms with E-state index in [1.807, 2.05) is 25.1 Å². The van der Waals surface area contributed by atoms with Gasteiger partial charge < -0.3 is 10.6 Å². The van der Waals surface area contributed by atoms with E-state index < -0.39 is 0 Å². The van der Waals surface area contributed by atoms with E-state index in [1.54, 1.807) is 18.3 Å². The normalized spacial score (nSPS) is 10.4. The van der Waals surface area contributed by atoms with Crippen LogP contribution in [0.25, 0.3) is 0 Å². The maximum atomic E-state index is 12.5. The van der Waals surface area contributed by atoms with Crippen molar-refractivity contribution in [2.45, 2.75) is 40.0 Å². The van der Waals surface area contributed by atoms with Gasteiger partial charge in [-0.15, -0.1) is 0 Å². The third-order valence-corrected chi connectivity index (χ3v) is 3.84. The highest BCUT2D eigenvalue weighted by atomic mass is 16.1. The molecule has 4 nitrogen and oxygen atoms in total. The summed E-state index contributed by atoms with van der Waals surface area (Å²) in [7, 11) is 0. The van der Waals surface area contributed by atoms with Gasteiger partial charge in [0.15, 0.2) is 0 Å². The molecular formula is C19H25N3O. The van der Waals surface area contributed by atoms with Crippen LogP contribution < -0.4 is 10.6 Å². The van der Waals surface area contributed by atoms with Gasteiger partial charge in [-0.1, -0.05) is 38.5 Å². The molecule has 0 aliphatic rings. The zero-order valence-electron chi connectivity index (χ0n) is 14.1. The molecular weight excluding hydrogens is 286 g/mol.